The molecule has 0 saturated carbocycles. The molecule has 78 valence electrons. The van der Waals surface area contributed by atoms with Gasteiger partial charge in [0.1, 0.15) is 5.60 Å². The standard InChI is InChI=1S/C7H14I2N2O2/c1-7(2,3)13-6(12)11(9)5-4-10-8/h10H,4-5H2,1-3H3. The molecule has 0 aromatic heterocycles. The van der Waals surface area contributed by atoms with Crippen molar-refractivity contribution in [2.75, 3.05) is 13.1 Å². The molecule has 0 bridgehead atoms. The third kappa shape index (κ3) is 7.74. The molecule has 0 aromatic rings. The number of hydrogen-bond acceptors (Lipinski definition) is 3. The van der Waals surface area contributed by atoms with Crippen LogP contribution in [0.25, 0.3) is 0 Å². The number of hydrogen-bond donors (Lipinski definition) is 1. The smallest absolute Gasteiger partial charge is 0.419 e. The molecule has 0 aliphatic heterocycles. The zero-order valence-corrected chi connectivity index (χ0v) is 12.2. The monoisotopic (exact) mass is 412 g/mol. The van der Waals surface area contributed by atoms with Crippen LogP contribution in [-0.4, -0.2) is 27.9 Å². The number of amides is 1. The van der Waals surface area contributed by atoms with E-state index in [9.17, 15) is 4.79 Å². The van der Waals surface area contributed by atoms with Gasteiger partial charge in [0.25, 0.3) is 0 Å². The highest BCUT2D eigenvalue weighted by Crippen LogP contribution is 2.11. The summed E-state index contributed by atoms with van der Waals surface area (Å²) in [5.41, 5.74) is -0.418. The second-order valence-electron chi connectivity index (χ2n) is 3.45. The van der Waals surface area contributed by atoms with E-state index in [-0.39, 0.29) is 6.09 Å². The van der Waals surface area contributed by atoms with Crippen molar-refractivity contribution in [2.45, 2.75) is 26.4 Å². The van der Waals surface area contributed by atoms with E-state index >= 15 is 0 Å². The summed E-state index contributed by atoms with van der Waals surface area (Å²) in [5.74, 6) is 0. The summed E-state index contributed by atoms with van der Waals surface area (Å²) in [6.45, 7) is 6.95. The van der Waals surface area contributed by atoms with Crippen molar-refractivity contribution in [1.29, 1.82) is 0 Å². The van der Waals surface area contributed by atoms with Crippen LogP contribution in [0.1, 0.15) is 20.8 Å². The summed E-state index contributed by atoms with van der Waals surface area (Å²) < 4.78 is 9.60. The van der Waals surface area contributed by atoms with Gasteiger partial charge in [-0.1, -0.05) is 0 Å². The molecule has 13 heavy (non-hydrogen) atoms. The molecule has 0 unspecified atom stereocenters. The van der Waals surface area contributed by atoms with E-state index < -0.39 is 5.60 Å². The summed E-state index contributed by atoms with van der Waals surface area (Å²) in [6.07, 6.45) is -0.292. The third-order valence-electron chi connectivity index (χ3n) is 0.994. The van der Waals surface area contributed by atoms with Crippen LogP contribution >= 0.6 is 45.7 Å². The van der Waals surface area contributed by atoms with Crippen LogP contribution in [0.4, 0.5) is 4.79 Å². The summed E-state index contributed by atoms with van der Waals surface area (Å²) in [7, 11) is 0. The molecule has 0 radical (unpaired) electrons. The van der Waals surface area contributed by atoms with E-state index in [0.717, 1.165) is 6.54 Å². The predicted octanol–water partition coefficient (Wildman–Crippen LogP) is 2.51. The second kappa shape index (κ2) is 6.23. The number of nitrogens with zero attached hydrogens (tertiary/aromatic N) is 1. The molecular weight excluding hydrogens is 398 g/mol. The van der Waals surface area contributed by atoms with Gasteiger partial charge in [-0.3, -0.25) is 3.53 Å². The van der Waals surface area contributed by atoms with Crippen molar-refractivity contribution in [3.63, 3.8) is 0 Å². The van der Waals surface area contributed by atoms with Crippen LogP contribution in [0.5, 0.6) is 0 Å². The van der Waals surface area contributed by atoms with E-state index in [2.05, 4.69) is 3.53 Å². The van der Waals surface area contributed by atoms with Gasteiger partial charge in [0.2, 0.25) is 0 Å². The Labute approximate surface area is 107 Å². The minimum absolute atomic E-state index is 0.292. The van der Waals surface area contributed by atoms with Crippen LogP contribution in [0.2, 0.25) is 0 Å². The van der Waals surface area contributed by atoms with E-state index in [4.69, 9.17) is 4.74 Å². The molecular formula is C7H14I2N2O2. The fourth-order valence-electron chi connectivity index (χ4n) is 0.543. The molecule has 0 aliphatic rings. The molecule has 0 aromatic carbocycles. The molecule has 1 N–H and O–H groups in total. The number of rotatable bonds is 3. The highest BCUT2D eigenvalue weighted by molar-refractivity contribution is 14.1. The molecule has 0 atom stereocenters. The van der Waals surface area contributed by atoms with Gasteiger partial charge in [-0.25, -0.2) is 7.91 Å². The fourth-order valence-corrected chi connectivity index (χ4v) is 1.12. The van der Waals surface area contributed by atoms with Crippen LogP contribution in [0.15, 0.2) is 0 Å². The quantitative estimate of drug-likeness (QED) is 0.573. The van der Waals surface area contributed by atoms with Gasteiger partial charge < -0.3 is 4.74 Å². The highest BCUT2D eigenvalue weighted by atomic mass is 127. The maximum Gasteiger partial charge on any atom is 0.419 e. The maximum absolute atomic E-state index is 11.3. The Hall–Kier alpha value is 0.690. The van der Waals surface area contributed by atoms with Gasteiger partial charge in [0.05, 0.1) is 22.9 Å². The number of halogens is 2. The van der Waals surface area contributed by atoms with Crippen molar-refractivity contribution in [1.82, 2.24) is 6.64 Å². The van der Waals surface area contributed by atoms with Gasteiger partial charge >= 0.3 is 6.09 Å². The van der Waals surface area contributed by atoms with E-state index in [1.165, 1.54) is 3.11 Å². The zero-order chi connectivity index (χ0) is 10.5. The number of carbonyl (C=O) groups excluding carboxylic acids is 1. The molecule has 0 saturated heterocycles. The Bertz CT molecular complexity index is 170. The lowest BCUT2D eigenvalue weighted by Crippen LogP contribution is -2.33. The Morgan fingerprint density at radius 3 is 2.46 bits per heavy atom. The summed E-state index contributed by atoms with van der Waals surface area (Å²) in [6, 6.07) is 0. The number of nitrogens with one attached hydrogen (secondary N) is 1. The molecule has 0 fully saturated rings. The zero-order valence-electron chi connectivity index (χ0n) is 7.93. The van der Waals surface area contributed by atoms with Crippen LogP contribution in [0, 0.1) is 0 Å². The molecule has 0 rings (SSSR count). The van der Waals surface area contributed by atoms with Gasteiger partial charge in [-0.15, -0.1) is 0 Å². The lowest BCUT2D eigenvalue weighted by atomic mass is 10.2. The maximum atomic E-state index is 11.3. The predicted molar refractivity (Wildman–Crippen MR) is 69.0 cm³/mol. The Morgan fingerprint density at radius 1 is 1.54 bits per heavy atom. The van der Waals surface area contributed by atoms with Crippen LogP contribution in [0.3, 0.4) is 0 Å². The van der Waals surface area contributed by atoms with Crippen molar-refractivity contribution in [3.8, 4) is 0 Å². The largest absolute Gasteiger partial charge is 0.443 e. The average Bonchev–Trinajstić information content (AvgIpc) is 1.96. The van der Waals surface area contributed by atoms with Gasteiger partial charge in [-0.05, 0) is 20.8 Å². The second-order valence-corrected chi connectivity index (χ2v) is 5.38. The highest BCUT2D eigenvalue weighted by Gasteiger charge is 2.19. The minimum atomic E-state index is -0.418. The third-order valence-corrected chi connectivity index (χ3v) is 2.41. The molecule has 6 heteroatoms. The average molecular weight is 412 g/mol. The van der Waals surface area contributed by atoms with Gasteiger partial charge in [0.15, 0.2) is 0 Å². The Kier molecular flexibility index (Phi) is 6.56. The summed E-state index contributed by atoms with van der Waals surface area (Å²) >= 11 is 3.99. The first-order valence-electron chi connectivity index (χ1n) is 3.86. The van der Waals surface area contributed by atoms with Crippen molar-refractivity contribution >= 4 is 51.8 Å². The topological polar surface area (TPSA) is 41.6 Å². The first-order chi connectivity index (χ1) is 5.87. The Morgan fingerprint density at radius 2 is 2.08 bits per heavy atom. The van der Waals surface area contributed by atoms with Gasteiger partial charge in [-0.2, -0.15) is 0 Å². The normalized spacial score (nSPS) is 11.2. The fraction of sp³-hybridized carbons (Fsp3) is 0.857. The number of ether oxygens (including phenoxy) is 1. The molecule has 0 spiro atoms. The SMILES string of the molecule is CC(C)(C)OC(=O)N(I)CCNI. The first kappa shape index (κ1) is 13.7. The van der Waals surface area contributed by atoms with E-state index in [1.807, 2.05) is 66.5 Å². The van der Waals surface area contributed by atoms with Gasteiger partial charge in [0, 0.05) is 36.0 Å². The Balaban J connectivity index is 3.83. The molecule has 1 amide bonds. The summed E-state index contributed by atoms with van der Waals surface area (Å²) in [5, 5.41) is 0. The van der Waals surface area contributed by atoms with Crippen LogP contribution < -0.4 is 3.53 Å². The number of carbonyl (C=O) groups is 1. The van der Waals surface area contributed by atoms with E-state index in [0.29, 0.717) is 6.54 Å². The lowest BCUT2D eigenvalue weighted by Gasteiger charge is -2.23. The van der Waals surface area contributed by atoms with Crippen LogP contribution in [-0.2, 0) is 4.74 Å². The first-order valence-corrected chi connectivity index (χ1v) is 5.91. The van der Waals surface area contributed by atoms with Crippen molar-refractivity contribution < 1.29 is 9.53 Å². The molecule has 0 aliphatic carbocycles. The molecule has 0 heterocycles. The van der Waals surface area contributed by atoms with Crippen molar-refractivity contribution in [3.05, 3.63) is 0 Å². The lowest BCUT2D eigenvalue weighted by molar-refractivity contribution is 0.0432. The van der Waals surface area contributed by atoms with Crippen molar-refractivity contribution in [2.24, 2.45) is 0 Å². The minimum Gasteiger partial charge on any atom is -0.443 e. The molecule has 4 nitrogen and oxygen atoms in total. The van der Waals surface area contributed by atoms with E-state index in [1.54, 1.807) is 0 Å². The summed E-state index contributed by atoms with van der Waals surface area (Å²) in [4.78, 5) is 11.3.